The molecular formula is C16H18N4O2S. The van der Waals surface area contributed by atoms with Gasteiger partial charge in [0.25, 0.3) is 0 Å². The summed E-state index contributed by atoms with van der Waals surface area (Å²) in [6.45, 7) is 1.04. The Morgan fingerprint density at radius 2 is 2.30 bits per heavy atom. The van der Waals surface area contributed by atoms with Crippen molar-refractivity contribution in [1.82, 2.24) is 20.2 Å². The van der Waals surface area contributed by atoms with Crippen LogP contribution in [0, 0.1) is 5.92 Å². The zero-order valence-electron chi connectivity index (χ0n) is 12.9. The van der Waals surface area contributed by atoms with Crippen LogP contribution in [0.2, 0.25) is 0 Å². The lowest BCUT2D eigenvalue weighted by Crippen LogP contribution is -2.33. The van der Waals surface area contributed by atoms with E-state index in [0.717, 1.165) is 16.4 Å². The molecule has 1 unspecified atom stereocenters. The van der Waals surface area contributed by atoms with Crippen molar-refractivity contribution in [3.63, 3.8) is 0 Å². The minimum absolute atomic E-state index is 0.0325. The Morgan fingerprint density at radius 3 is 3.00 bits per heavy atom. The number of likely N-dealkylation sites (tertiary alicyclic amines) is 1. The molecule has 2 aromatic rings. The largest absolute Gasteiger partial charge is 0.355 e. The summed E-state index contributed by atoms with van der Waals surface area (Å²) in [7, 11) is 1.73. The van der Waals surface area contributed by atoms with E-state index >= 15 is 0 Å². The lowest BCUT2D eigenvalue weighted by Gasteiger charge is -2.10. The second-order valence-electron chi connectivity index (χ2n) is 5.56. The maximum Gasteiger partial charge on any atom is 0.225 e. The molecule has 23 heavy (non-hydrogen) atoms. The van der Waals surface area contributed by atoms with Crippen molar-refractivity contribution in [1.29, 1.82) is 0 Å². The lowest BCUT2D eigenvalue weighted by molar-refractivity contribution is -0.128. The molecule has 2 aromatic heterocycles. The van der Waals surface area contributed by atoms with E-state index in [1.54, 1.807) is 29.5 Å². The Balaban J connectivity index is 1.49. The highest BCUT2D eigenvalue weighted by molar-refractivity contribution is 7.09. The first-order chi connectivity index (χ1) is 11.1. The first-order valence-electron chi connectivity index (χ1n) is 7.51. The zero-order chi connectivity index (χ0) is 16.2. The summed E-state index contributed by atoms with van der Waals surface area (Å²) >= 11 is 1.56. The smallest absolute Gasteiger partial charge is 0.225 e. The van der Waals surface area contributed by atoms with Crippen LogP contribution in [0.5, 0.6) is 0 Å². The number of carbonyl (C=O) groups is 2. The first-order valence-corrected chi connectivity index (χ1v) is 8.39. The molecule has 120 valence electrons. The minimum atomic E-state index is -0.229. The molecule has 1 fully saturated rings. The highest BCUT2D eigenvalue weighted by Crippen LogP contribution is 2.20. The zero-order valence-corrected chi connectivity index (χ0v) is 13.7. The fraction of sp³-hybridized carbons (Fsp3) is 0.375. The molecule has 1 saturated heterocycles. The number of amides is 2. The molecule has 0 radical (unpaired) electrons. The van der Waals surface area contributed by atoms with Gasteiger partial charge in [-0.1, -0.05) is 6.07 Å². The predicted molar refractivity (Wildman–Crippen MR) is 87.8 cm³/mol. The van der Waals surface area contributed by atoms with Gasteiger partial charge in [0, 0.05) is 44.6 Å². The Bertz CT molecular complexity index is 701. The van der Waals surface area contributed by atoms with Crippen molar-refractivity contribution in [3.05, 3.63) is 34.8 Å². The van der Waals surface area contributed by atoms with Gasteiger partial charge in [0.1, 0.15) is 0 Å². The van der Waals surface area contributed by atoms with Crippen molar-refractivity contribution in [2.75, 3.05) is 20.1 Å². The molecule has 3 rings (SSSR count). The van der Waals surface area contributed by atoms with Gasteiger partial charge in [0.15, 0.2) is 0 Å². The number of hydrogen-bond donors (Lipinski definition) is 1. The second kappa shape index (κ2) is 6.87. The molecule has 0 bridgehead atoms. The molecule has 1 N–H and O–H groups in total. The summed E-state index contributed by atoms with van der Waals surface area (Å²) in [5.41, 5.74) is 1.71. The number of pyridine rings is 1. The van der Waals surface area contributed by atoms with Crippen LogP contribution < -0.4 is 5.32 Å². The maximum atomic E-state index is 12.0. The van der Waals surface area contributed by atoms with Crippen LogP contribution in [0.4, 0.5) is 0 Å². The Hall–Kier alpha value is -2.28. The monoisotopic (exact) mass is 330 g/mol. The van der Waals surface area contributed by atoms with E-state index in [1.807, 2.05) is 23.6 Å². The van der Waals surface area contributed by atoms with Crippen molar-refractivity contribution in [3.8, 4) is 11.4 Å². The standard InChI is InChI=1S/C16H18N4O2S/c1-20-9-11(8-15(20)21)16(22)18-7-5-14-19-13(10-23-14)12-4-2-3-6-17-12/h2-4,6,10-11H,5,7-9H2,1H3,(H,18,22). The van der Waals surface area contributed by atoms with Gasteiger partial charge in [-0.05, 0) is 12.1 Å². The van der Waals surface area contributed by atoms with Crippen LogP contribution in [0.3, 0.4) is 0 Å². The summed E-state index contributed by atoms with van der Waals surface area (Å²) in [5.74, 6) is -0.248. The predicted octanol–water partition coefficient (Wildman–Crippen LogP) is 1.34. The second-order valence-corrected chi connectivity index (χ2v) is 6.50. The molecule has 1 aliphatic heterocycles. The third kappa shape index (κ3) is 3.73. The summed E-state index contributed by atoms with van der Waals surface area (Å²) in [6, 6.07) is 5.73. The molecule has 0 saturated carbocycles. The third-order valence-corrected chi connectivity index (χ3v) is 4.74. The van der Waals surface area contributed by atoms with E-state index in [1.165, 1.54) is 0 Å². The SMILES string of the molecule is CN1CC(C(=O)NCCc2nc(-c3ccccn3)cs2)CC1=O. The first kappa shape index (κ1) is 15.6. The molecule has 1 aliphatic rings. The molecule has 0 aromatic carbocycles. The fourth-order valence-corrected chi connectivity index (χ4v) is 3.33. The van der Waals surface area contributed by atoms with Crippen molar-refractivity contribution < 1.29 is 9.59 Å². The Labute approximate surface area is 138 Å². The average Bonchev–Trinajstić information content (AvgIpc) is 3.16. The van der Waals surface area contributed by atoms with Gasteiger partial charge in [-0.25, -0.2) is 4.98 Å². The summed E-state index contributed by atoms with van der Waals surface area (Å²) in [4.78, 5) is 33.9. The fourth-order valence-electron chi connectivity index (χ4n) is 2.53. The van der Waals surface area contributed by atoms with Crippen molar-refractivity contribution in [2.45, 2.75) is 12.8 Å². The van der Waals surface area contributed by atoms with Gasteiger partial charge in [0.2, 0.25) is 11.8 Å². The highest BCUT2D eigenvalue weighted by Gasteiger charge is 2.31. The van der Waals surface area contributed by atoms with Crippen LogP contribution in [0.1, 0.15) is 11.4 Å². The van der Waals surface area contributed by atoms with E-state index in [2.05, 4.69) is 15.3 Å². The molecule has 6 nitrogen and oxygen atoms in total. The normalized spacial score (nSPS) is 17.5. The van der Waals surface area contributed by atoms with Crippen LogP contribution in [0.25, 0.3) is 11.4 Å². The number of rotatable bonds is 5. The van der Waals surface area contributed by atoms with Gasteiger partial charge in [-0.3, -0.25) is 14.6 Å². The van der Waals surface area contributed by atoms with Gasteiger partial charge >= 0.3 is 0 Å². The van der Waals surface area contributed by atoms with Crippen LogP contribution >= 0.6 is 11.3 Å². The number of nitrogens with zero attached hydrogens (tertiary/aromatic N) is 3. The molecular weight excluding hydrogens is 312 g/mol. The number of nitrogens with one attached hydrogen (secondary N) is 1. The van der Waals surface area contributed by atoms with Crippen LogP contribution in [0.15, 0.2) is 29.8 Å². The number of aromatic nitrogens is 2. The summed E-state index contributed by atoms with van der Waals surface area (Å²) in [6.07, 6.45) is 2.73. The topological polar surface area (TPSA) is 75.2 Å². The van der Waals surface area contributed by atoms with Crippen molar-refractivity contribution in [2.24, 2.45) is 5.92 Å². The number of carbonyl (C=O) groups excluding carboxylic acids is 2. The lowest BCUT2D eigenvalue weighted by atomic mass is 10.1. The molecule has 0 aliphatic carbocycles. The van der Waals surface area contributed by atoms with E-state index in [9.17, 15) is 9.59 Å². The highest BCUT2D eigenvalue weighted by atomic mass is 32.1. The van der Waals surface area contributed by atoms with E-state index in [0.29, 0.717) is 25.9 Å². The van der Waals surface area contributed by atoms with Crippen LogP contribution in [-0.2, 0) is 16.0 Å². The van der Waals surface area contributed by atoms with E-state index in [4.69, 9.17) is 0 Å². The summed E-state index contributed by atoms with van der Waals surface area (Å²) < 4.78 is 0. The Morgan fingerprint density at radius 1 is 1.43 bits per heavy atom. The van der Waals surface area contributed by atoms with Gasteiger partial charge in [-0.15, -0.1) is 11.3 Å². The minimum Gasteiger partial charge on any atom is -0.355 e. The van der Waals surface area contributed by atoms with Gasteiger partial charge < -0.3 is 10.2 Å². The number of thiazole rings is 1. The van der Waals surface area contributed by atoms with Gasteiger partial charge in [0.05, 0.1) is 22.3 Å². The quantitative estimate of drug-likeness (QED) is 0.898. The number of hydrogen-bond acceptors (Lipinski definition) is 5. The molecule has 2 amide bonds. The maximum absolute atomic E-state index is 12.0. The molecule has 3 heterocycles. The molecule has 7 heteroatoms. The third-order valence-electron chi connectivity index (χ3n) is 3.83. The Kier molecular flexibility index (Phi) is 4.66. The molecule has 0 spiro atoms. The van der Waals surface area contributed by atoms with E-state index in [-0.39, 0.29) is 17.7 Å². The van der Waals surface area contributed by atoms with Gasteiger partial charge in [-0.2, -0.15) is 0 Å². The average molecular weight is 330 g/mol. The summed E-state index contributed by atoms with van der Waals surface area (Å²) in [5, 5.41) is 5.84. The van der Waals surface area contributed by atoms with Crippen molar-refractivity contribution >= 4 is 23.2 Å². The van der Waals surface area contributed by atoms with Crippen LogP contribution in [-0.4, -0.2) is 46.8 Å². The molecule has 1 atom stereocenters. The van der Waals surface area contributed by atoms with E-state index < -0.39 is 0 Å².